The summed E-state index contributed by atoms with van der Waals surface area (Å²) >= 11 is 5.87. The smallest absolute Gasteiger partial charge is 0.0897 e. The number of rotatable bonds is 7. The van der Waals surface area contributed by atoms with E-state index in [0.29, 0.717) is 36.6 Å². The van der Waals surface area contributed by atoms with Crippen molar-refractivity contribution in [2.75, 3.05) is 13.2 Å². The van der Waals surface area contributed by atoms with Crippen LogP contribution < -0.4 is 5.32 Å². The Hall–Kier alpha value is -0.610. The van der Waals surface area contributed by atoms with E-state index >= 15 is 0 Å². The van der Waals surface area contributed by atoms with Gasteiger partial charge in [-0.25, -0.2) is 0 Å². The Labute approximate surface area is 150 Å². The number of fused-ring (bicyclic) bond motifs is 2. The zero-order valence-corrected chi connectivity index (χ0v) is 15.8. The number of nitrogens with one attached hydrogen (secondary N) is 1. The first-order chi connectivity index (χ1) is 11.3. The Bertz CT molecular complexity index is 559. The number of benzene rings is 1. The van der Waals surface area contributed by atoms with Gasteiger partial charge in [0.2, 0.25) is 0 Å². The predicted octanol–water partition coefficient (Wildman–Crippen LogP) is 4.02. The summed E-state index contributed by atoms with van der Waals surface area (Å²) in [6, 6.07) is 8.12. The molecule has 0 aliphatic heterocycles. The van der Waals surface area contributed by atoms with E-state index < -0.39 is 6.10 Å². The van der Waals surface area contributed by atoms with Crippen LogP contribution in [0.15, 0.2) is 24.3 Å². The van der Waals surface area contributed by atoms with Crippen molar-refractivity contribution in [3.05, 3.63) is 34.9 Å². The number of halogens is 1. The molecule has 0 saturated heterocycles. The fourth-order valence-corrected chi connectivity index (χ4v) is 4.87. The second-order valence-corrected chi connectivity index (χ2v) is 8.80. The minimum Gasteiger partial charge on any atom is -0.389 e. The number of aliphatic hydroxyl groups excluding tert-OH is 1. The lowest BCUT2D eigenvalue weighted by Crippen LogP contribution is -2.47. The summed E-state index contributed by atoms with van der Waals surface area (Å²) in [4.78, 5) is 0. The molecule has 0 amide bonds. The molecule has 4 atom stereocenters. The van der Waals surface area contributed by atoms with Gasteiger partial charge in [-0.2, -0.15) is 0 Å². The molecule has 2 bridgehead atoms. The second kappa shape index (κ2) is 6.95. The van der Waals surface area contributed by atoms with E-state index in [1.54, 1.807) is 0 Å². The van der Waals surface area contributed by atoms with E-state index in [9.17, 15) is 5.11 Å². The highest BCUT2D eigenvalue weighted by Crippen LogP contribution is 2.65. The number of hydrogen-bond donors (Lipinski definition) is 2. The first-order valence-corrected chi connectivity index (χ1v) is 9.44. The van der Waals surface area contributed by atoms with E-state index in [-0.39, 0.29) is 0 Å². The predicted molar refractivity (Wildman–Crippen MR) is 98.1 cm³/mol. The van der Waals surface area contributed by atoms with Gasteiger partial charge in [0.25, 0.3) is 0 Å². The normalized spacial score (nSPS) is 32.2. The van der Waals surface area contributed by atoms with Crippen molar-refractivity contribution in [1.29, 1.82) is 0 Å². The molecule has 2 aliphatic rings. The molecule has 0 aromatic heterocycles. The maximum Gasteiger partial charge on any atom is 0.0897 e. The first-order valence-electron chi connectivity index (χ1n) is 9.06. The molecule has 2 aliphatic carbocycles. The van der Waals surface area contributed by atoms with Gasteiger partial charge in [0.15, 0.2) is 0 Å². The highest BCUT2D eigenvalue weighted by Gasteiger charge is 2.60. The molecule has 0 spiro atoms. The van der Waals surface area contributed by atoms with Gasteiger partial charge in [0.1, 0.15) is 0 Å². The van der Waals surface area contributed by atoms with Crippen LogP contribution in [-0.2, 0) is 11.3 Å². The highest BCUT2D eigenvalue weighted by molar-refractivity contribution is 6.30. The molecule has 4 heteroatoms. The third-order valence-electron chi connectivity index (χ3n) is 6.89. The molecule has 0 unspecified atom stereocenters. The second-order valence-electron chi connectivity index (χ2n) is 8.37. The van der Waals surface area contributed by atoms with Crippen LogP contribution in [0.3, 0.4) is 0 Å². The van der Waals surface area contributed by atoms with Crippen LogP contribution in [0.1, 0.15) is 45.6 Å². The summed E-state index contributed by atoms with van der Waals surface area (Å²) in [6.07, 6.45) is 3.42. The molecule has 3 rings (SSSR count). The largest absolute Gasteiger partial charge is 0.389 e. The van der Waals surface area contributed by atoms with Gasteiger partial charge in [-0.15, -0.1) is 0 Å². The third kappa shape index (κ3) is 3.37. The standard InChI is InChI=1S/C20H30ClNO2/c1-19(2)15-8-9-20(19,3)18(10-15)22-11-17(23)13-24-12-14-4-6-16(21)7-5-14/h4-7,15,17-18,22-23H,8-13H2,1-3H3/t15-,17+,18-,20+/m1/s1. The molecule has 0 heterocycles. The van der Waals surface area contributed by atoms with Gasteiger partial charge in [0.05, 0.1) is 19.3 Å². The van der Waals surface area contributed by atoms with Gasteiger partial charge >= 0.3 is 0 Å². The average Bonchev–Trinajstić information content (AvgIpc) is 2.88. The van der Waals surface area contributed by atoms with Crippen molar-refractivity contribution >= 4 is 11.6 Å². The lowest BCUT2D eigenvalue weighted by molar-refractivity contribution is 0.0231. The summed E-state index contributed by atoms with van der Waals surface area (Å²) in [5.74, 6) is 0.818. The fourth-order valence-electron chi connectivity index (χ4n) is 4.74. The fraction of sp³-hybridized carbons (Fsp3) is 0.700. The quantitative estimate of drug-likeness (QED) is 0.779. The maximum absolute atomic E-state index is 10.2. The highest BCUT2D eigenvalue weighted by atomic mass is 35.5. The Kier molecular flexibility index (Phi) is 5.27. The molecular formula is C20H30ClNO2. The average molecular weight is 352 g/mol. The van der Waals surface area contributed by atoms with Gasteiger partial charge < -0.3 is 15.2 Å². The summed E-state index contributed by atoms with van der Waals surface area (Å²) < 4.78 is 5.63. The lowest BCUT2D eigenvalue weighted by atomic mass is 9.69. The van der Waals surface area contributed by atoms with E-state index in [4.69, 9.17) is 16.3 Å². The monoisotopic (exact) mass is 351 g/mol. The van der Waals surface area contributed by atoms with E-state index in [2.05, 4.69) is 26.1 Å². The zero-order chi connectivity index (χ0) is 17.4. The molecule has 3 nitrogen and oxygen atoms in total. The number of aliphatic hydroxyl groups is 1. The van der Waals surface area contributed by atoms with Gasteiger partial charge in [-0.1, -0.05) is 44.5 Å². The molecule has 24 heavy (non-hydrogen) atoms. The topological polar surface area (TPSA) is 41.5 Å². The molecule has 2 N–H and O–H groups in total. The Balaban J connectivity index is 1.40. The molecule has 0 radical (unpaired) electrons. The Morgan fingerprint density at radius 1 is 1.29 bits per heavy atom. The van der Waals surface area contributed by atoms with Crippen molar-refractivity contribution in [2.24, 2.45) is 16.7 Å². The molecule has 134 valence electrons. The van der Waals surface area contributed by atoms with Crippen LogP contribution in [0.5, 0.6) is 0 Å². The number of ether oxygens (including phenoxy) is 1. The SMILES string of the molecule is CC1(C)[C@@H]2CC[C@@]1(C)[C@H](NC[C@H](O)COCc1ccc(Cl)cc1)C2. The minimum atomic E-state index is -0.469. The van der Waals surface area contributed by atoms with E-state index in [0.717, 1.165) is 16.5 Å². The first kappa shape index (κ1) is 18.2. The van der Waals surface area contributed by atoms with Crippen molar-refractivity contribution < 1.29 is 9.84 Å². The molecule has 2 saturated carbocycles. The van der Waals surface area contributed by atoms with Gasteiger partial charge in [-0.3, -0.25) is 0 Å². The molecule has 2 fully saturated rings. The van der Waals surface area contributed by atoms with Crippen molar-refractivity contribution in [2.45, 2.75) is 58.8 Å². The summed E-state index contributed by atoms with van der Waals surface area (Å²) in [5.41, 5.74) is 1.82. The number of hydrogen-bond acceptors (Lipinski definition) is 3. The van der Waals surface area contributed by atoms with Crippen LogP contribution in [-0.4, -0.2) is 30.4 Å². The van der Waals surface area contributed by atoms with Gasteiger partial charge in [0, 0.05) is 17.6 Å². The zero-order valence-electron chi connectivity index (χ0n) is 15.0. The summed E-state index contributed by atoms with van der Waals surface area (Å²) in [7, 11) is 0. The Morgan fingerprint density at radius 2 is 2.00 bits per heavy atom. The van der Waals surface area contributed by atoms with Crippen molar-refractivity contribution in [3.63, 3.8) is 0 Å². The van der Waals surface area contributed by atoms with Crippen LogP contribution in [0.4, 0.5) is 0 Å². The third-order valence-corrected chi connectivity index (χ3v) is 7.14. The summed E-state index contributed by atoms with van der Waals surface area (Å²) in [5, 5.41) is 14.6. The summed E-state index contributed by atoms with van der Waals surface area (Å²) in [6.45, 7) is 8.71. The van der Waals surface area contributed by atoms with Crippen LogP contribution in [0.25, 0.3) is 0 Å². The maximum atomic E-state index is 10.2. The van der Waals surface area contributed by atoms with Crippen LogP contribution >= 0.6 is 11.6 Å². The van der Waals surface area contributed by atoms with Gasteiger partial charge in [-0.05, 0) is 53.7 Å². The van der Waals surface area contributed by atoms with Crippen LogP contribution in [0.2, 0.25) is 5.02 Å². The van der Waals surface area contributed by atoms with E-state index in [1.807, 2.05) is 24.3 Å². The molecular weight excluding hydrogens is 322 g/mol. The van der Waals surface area contributed by atoms with E-state index in [1.165, 1.54) is 19.3 Å². The van der Waals surface area contributed by atoms with Crippen molar-refractivity contribution in [1.82, 2.24) is 5.32 Å². The van der Waals surface area contributed by atoms with Crippen molar-refractivity contribution in [3.8, 4) is 0 Å². The van der Waals surface area contributed by atoms with Crippen LogP contribution in [0, 0.1) is 16.7 Å². The molecule has 1 aromatic carbocycles. The Morgan fingerprint density at radius 3 is 2.58 bits per heavy atom. The molecule has 1 aromatic rings. The minimum absolute atomic E-state index is 0.349. The lowest BCUT2D eigenvalue weighted by Gasteiger charge is -2.40.